The molecule has 3 heteroatoms. The number of hydrogen-bond donors (Lipinski definition) is 0. The van der Waals surface area contributed by atoms with Crippen LogP contribution >= 0.6 is 0 Å². The fraction of sp³-hybridized carbons (Fsp3) is 1.00. The van der Waals surface area contributed by atoms with Gasteiger partial charge in [0.15, 0.2) is 0 Å². The quantitative estimate of drug-likeness (QED) is 0.637. The van der Waals surface area contributed by atoms with Crippen LogP contribution in [0.25, 0.3) is 0 Å². The molecule has 0 aliphatic carbocycles. The van der Waals surface area contributed by atoms with E-state index in [1.807, 2.05) is 11.4 Å². The zero-order valence-corrected chi connectivity index (χ0v) is 9.65. The molecule has 0 aromatic carbocycles. The van der Waals surface area contributed by atoms with E-state index in [1.54, 1.807) is 0 Å². The maximum Gasteiger partial charge on any atom is -0.000718 e. The van der Waals surface area contributed by atoms with Crippen molar-refractivity contribution in [1.82, 2.24) is 9.21 Å². The summed E-state index contributed by atoms with van der Waals surface area (Å²) in [4.78, 5) is 2.57. The summed E-state index contributed by atoms with van der Waals surface area (Å²) in [5.74, 6) is 0.942. The summed E-state index contributed by atoms with van der Waals surface area (Å²) >= 11 is 4.98. The van der Waals surface area contributed by atoms with E-state index in [1.165, 1.54) is 38.9 Å². The van der Waals surface area contributed by atoms with E-state index < -0.39 is 0 Å². The molecule has 0 amide bonds. The summed E-state index contributed by atoms with van der Waals surface area (Å²) in [7, 11) is 1.97. The van der Waals surface area contributed by atoms with Crippen LogP contribution in [0.3, 0.4) is 0 Å². The van der Waals surface area contributed by atoms with Gasteiger partial charge in [0.25, 0.3) is 0 Å². The lowest BCUT2D eigenvalue weighted by atomic mass is 9.99. The van der Waals surface area contributed by atoms with Gasteiger partial charge in [0, 0.05) is 0 Å². The number of piperidine rings is 1. The van der Waals surface area contributed by atoms with E-state index in [-0.39, 0.29) is 0 Å². The average molecular weight is 201 g/mol. The van der Waals surface area contributed by atoms with E-state index in [0.717, 1.165) is 12.5 Å². The van der Waals surface area contributed by atoms with Crippen molar-refractivity contribution in [2.45, 2.75) is 26.2 Å². The second-order valence-electron chi connectivity index (χ2n) is 4.23. The Kier molecular flexibility index (Phi) is 5.14. The molecule has 1 fully saturated rings. The number of rotatable bonds is 4. The Balaban J connectivity index is 2.02. The first-order valence-corrected chi connectivity index (χ1v) is 5.65. The first kappa shape index (κ1) is 11.3. The lowest BCUT2D eigenvalue weighted by molar-refractivity contribution is 0.188. The number of nitrogens with zero attached hydrogens (tertiary/aromatic N) is 2. The second kappa shape index (κ2) is 5.89. The summed E-state index contributed by atoms with van der Waals surface area (Å²) in [6.45, 7) is 7.22. The van der Waals surface area contributed by atoms with Gasteiger partial charge in [-0.3, -0.25) is 0 Å². The molecular weight excluding hydrogens is 180 g/mol. The van der Waals surface area contributed by atoms with Gasteiger partial charge in [-0.2, -0.15) is 0 Å². The first-order chi connectivity index (χ1) is 6.18. The summed E-state index contributed by atoms with van der Waals surface area (Å²) in [5, 5.41) is 0. The van der Waals surface area contributed by atoms with Gasteiger partial charge < -0.3 is 22.0 Å². The molecule has 0 unspecified atom stereocenters. The van der Waals surface area contributed by atoms with Crippen molar-refractivity contribution in [3.8, 4) is 0 Å². The van der Waals surface area contributed by atoms with Gasteiger partial charge in [-0.25, -0.2) is 0 Å². The molecule has 0 aromatic heterocycles. The molecule has 0 saturated carbocycles. The van der Waals surface area contributed by atoms with Gasteiger partial charge in [0.05, 0.1) is 0 Å². The van der Waals surface area contributed by atoms with E-state index in [0.29, 0.717) is 0 Å². The van der Waals surface area contributed by atoms with Crippen molar-refractivity contribution < 1.29 is 0 Å². The fourth-order valence-corrected chi connectivity index (χ4v) is 1.93. The molecule has 1 aliphatic rings. The van der Waals surface area contributed by atoms with Gasteiger partial charge in [-0.15, -0.1) is 0 Å². The molecule has 0 N–H and O–H groups in total. The van der Waals surface area contributed by atoms with Crippen LogP contribution in [0.4, 0.5) is 0 Å². The van der Waals surface area contributed by atoms with Crippen molar-refractivity contribution in [3.63, 3.8) is 0 Å². The Morgan fingerprint density at radius 1 is 1.38 bits per heavy atom. The van der Waals surface area contributed by atoms with Crippen LogP contribution < -0.4 is 0 Å². The normalized spacial score (nSPS) is 21.2. The Morgan fingerprint density at radius 2 is 2.00 bits per heavy atom. The Labute approximate surface area is 87.8 Å². The van der Waals surface area contributed by atoms with E-state index >= 15 is 0 Å². The number of likely N-dealkylation sites (tertiary alicyclic amines) is 1. The lowest BCUT2D eigenvalue weighted by Gasteiger charge is -2.31. The minimum absolute atomic E-state index is 0.942. The predicted molar refractivity (Wildman–Crippen MR) is 59.5 cm³/mol. The summed E-state index contributed by atoms with van der Waals surface area (Å²) < 4.78 is 1.85. The Morgan fingerprint density at radius 3 is 2.54 bits per heavy atom. The zero-order valence-electron chi connectivity index (χ0n) is 8.83. The van der Waals surface area contributed by atoms with Crippen molar-refractivity contribution in [2.24, 2.45) is 5.92 Å². The third-order valence-electron chi connectivity index (χ3n) is 2.82. The van der Waals surface area contributed by atoms with Gasteiger partial charge in [-0.05, 0) is 58.4 Å². The van der Waals surface area contributed by atoms with E-state index in [2.05, 4.69) is 11.8 Å². The van der Waals surface area contributed by atoms with Crippen LogP contribution in [0.2, 0.25) is 0 Å². The van der Waals surface area contributed by atoms with Crippen LogP contribution in [0.5, 0.6) is 0 Å². The SMILES string of the molecule is CC1CCN(CCCN(C)[S-])CC1. The Bertz CT molecular complexity index is 131. The predicted octanol–water partition coefficient (Wildman–Crippen LogP) is 1.50. The van der Waals surface area contributed by atoms with Crippen LogP contribution in [0.15, 0.2) is 0 Å². The molecule has 0 aromatic rings. The van der Waals surface area contributed by atoms with Crippen LogP contribution in [-0.2, 0) is 12.8 Å². The minimum atomic E-state index is 0.942. The molecule has 0 atom stereocenters. The summed E-state index contributed by atoms with van der Waals surface area (Å²) in [6.07, 6.45) is 3.97. The molecule has 1 rings (SSSR count). The van der Waals surface area contributed by atoms with Crippen molar-refractivity contribution in [1.29, 1.82) is 0 Å². The molecule has 0 bridgehead atoms. The maximum atomic E-state index is 4.98. The molecule has 1 saturated heterocycles. The van der Waals surface area contributed by atoms with Crippen LogP contribution in [-0.4, -0.2) is 42.4 Å². The highest BCUT2D eigenvalue weighted by Gasteiger charge is 2.14. The molecule has 0 spiro atoms. The maximum absolute atomic E-state index is 4.98. The second-order valence-corrected chi connectivity index (χ2v) is 4.85. The molecule has 0 radical (unpaired) electrons. The third kappa shape index (κ3) is 4.89. The number of hydrogen-bond acceptors (Lipinski definition) is 3. The molecule has 2 nitrogen and oxygen atoms in total. The summed E-state index contributed by atoms with van der Waals surface area (Å²) in [6, 6.07) is 0. The minimum Gasteiger partial charge on any atom is -0.702 e. The van der Waals surface area contributed by atoms with Crippen LogP contribution in [0.1, 0.15) is 26.2 Å². The monoisotopic (exact) mass is 201 g/mol. The molecule has 1 aliphatic heterocycles. The third-order valence-corrected chi connectivity index (χ3v) is 3.01. The topological polar surface area (TPSA) is 6.48 Å². The smallest absolute Gasteiger partial charge is 0.000718 e. The van der Waals surface area contributed by atoms with Crippen molar-refractivity contribution in [2.75, 3.05) is 33.2 Å². The van der Waals surface area contributed by atoms with Gasteiger partial charge in [0.2, 0.25) is 0 Å². The lowest BCUT2D eigenvalue weighted by Crippen LogP contribution is -2.34. The highest BCUT2D eigenvalue weighted by Crippen LogP contribution is 2.15. The molecule has 13 heavy (non-hydrogen) atoms. The molecular formula is C10H21N2S-. The molecule has 78 valence electrons. The molecule has 1 heterocycles. The van der Waals surface area contributed by atoms with Gasteiger partial charge >= 0.3 is 0 Å². The van der Waals surface area contributed by atoms with Gasteiger partial charge in [0.1, 0.15) is 0 Å². The van der Waals surface area contributed by atoms with Crippen molar-refractivity contribution in [3.05, 3.63) is 0 Å². The van der Waals surface area contributed by atoms with Gasteiger partial charge in [-0.1, -0.05) is 6.92 Å². The largest absolute Gasteiger partial charge is 0.702 e. The first-order valence-electron chi connectivity index (χ1n) is 5.29. The van der Waals surface area contributed by atoms with Crippen LogP contribution in [0, 0.1) is 5.92 Å². The van der Waals surface area contributed by atoms with E-state index in [9.17, 15) is 0 Å². The van der Waals surface area contributed by atoms with E-state index in [4.69, 9.17) is 12.8 Å². The summed E-state index contributed by atoms with van der Waals surface area (Å²) in [5.41, 5.74) is 0. The zero-order chi connectivity index (χ0) is 9.68. The highest BCUT2D eigenvalue weighted by molar-refractivity contribution is 7.55. The highest BCUT2D eigenvalue weighted by atomic mass is 32.1. The fourth-order valence-electron chi connectivity index (χ4n) is 1.80. The average Bonchev–Trinajstić information content (AvgIpc) is 2.08. The van der Waals surface area contributed by atoms with Crippen molar-refractivity contribution >= 4 is 12.8 Å². The Hall–Kier alpha value is 0.270. The standard InChI is InChI=1S/C10H21N2S/c1-10-4-8-12(9-5-10)7-3-6-11(2)13/h10H,3-9H2,1-2H3/q-1.